The van der Waals surface area contributed by atoms with E-state index in [9.17, 15) is 0 Å². The number of rotatable bonds is 3. The van der Waals surface area contributed by atoms with Crippen molar-refractivity contribution in [2.24, 2.45) is 5.73 Å². The number of benzene rings is 2. The summed E-state index contributed by atoms with van der Waals surface area (Å²) >= 11 is 0. The molecular weight excluding hydrogens is 341 g/mol. The lowest BCUT2D eigenvalue weighted by Crippen LogP contribution is -2.12. The van der Waals surface area contributed by atoms with E-state index in [4.69, 9.17) is 11.1 Å². The van der Waals surface area contributed by atoms with Gasteiger partial charge in [-0.3, -0.25) is 5.41 Å². The largest absolute Gasteiger partial charge is 0.384 e. The van der Waals surface area contributed by atoms with Crippen molar-refractivity contribution in [3.63, 3.8) is 0 Å². The van der Waals surface area contributed by atoms with Crippen LogP contribution in [0.3, 0.4) is 0 Å². The van der Waals surface area contributed by atoms with E-state index >= 15 is 0 Å². The second-order valence-corrected chi connectivity index (χ2v) is 6.64. The summed E-state index contributed by atoms with van der Waals surface area (Å²) in [6.45, 7) is 8.74. The molecule has 0 spiro atoms. The third kappa shape index (κ3) is 3.38. The lowest BCUT2D eigenvalue weighted by Gasteiger charge is -2.09. The molecule has 0 unspecified atom stereocenters. The molecule has 0 saturated heterocycles. The summed E-state index contributed by atoms with van der Waals surface area (Å²) in [4.78, 5) is 3.44. The maximum Gasteiger partial charge on any atom is 0.124 e. The Morgan fingerprint density at radius 2 is 1.50 bits per heavy atom. The minimum absolute atomic E-state index is 0. The molecule has 0 bridgehead atoms. The average Bonchev–Trinajstić information content (AvgIpc) is 2.83. The summed E-state index contributed by atoms with van der Waals surface area (Å²) in [6.07, 6.45) is 0. The molecule has 3 aromatic rings. The van der Waals surface area contributed by atoms with Gasteiger partial charge in [0, 0.05) is 21.9 Å². The second-order valence-electron chi connectivity index (χ2n) is 6.64. The van der Waals surface area contributed by atoms with Crippen LogP contribution in [0.1, 0.15) is 56.2 Å². The van der Waals surface area contributed by atoms with Gasteiger partial charge in [-0.2, -0.15) is 0 Å². The monoisotopic (exact) mass is 365 g/mol. The zero-order valence-electron chi connectivity index (χ0n) is 14.4. The molecular formula is C19H25Cl2N3. The van der Waals surface area contributed by atoms with E-state index in [0.717, 1.165) is 22.0 Å². The molecule has 0 fully saturated rings. The van der Waals surface area contributed by atoms with E-state index < -0.39 is 0 Å². The maximum atomic E-state index is 7.90. The molecule has 4 N–H and O–H groups in total. The predicted octanol–water partition coefficient (Wildman–Crippen LogP) is 5.70. The van der Waals surface area contributed by atoms with Gasteiger partial charge in [-0.05, 0) is 47.2 Å². The van der Waals surface area contributed by atoms with Gasteiger partial charge in [0.2, 0.25) is 0 Å². The minimum atomic E-state index is 0. The summed E-state index contributed by atoms with van der Waals surface area (Å²) in [6, 6.07) is 10.8. The van der Waals surface area contributed by atoms with Gasteiger partial charge in [0.05, 0.1) is 5.52 Å². The number of aromatic nitrogens is 1. The summed E-state index contributed by atoms with van der Waals surface area (Å²) < 4.78 is 0. The Morgan fingerprint density at radius 1 is 0.917 bits per heavy atom. The van der Waals surface area contributed by atoms with Crippen LogP contribution in [-0.4, -0.2) is 10.8 Å². The van der Waals surface area contributed by atoms with E-state index in [1.807, 2.05) is 6.07 Å². The van der Waals surface area contributed by atoms with Crippen molar-refractivity contribution in [1.29, 1.82) is 5.41 Å². The van der Waals surface area contributed by atoms with Gasteiger partial charge in [0.15, 0.2) is 0 Å². The zero-order chi connectivity index (χ0) is 16.0. The molecule has 5 heteroatoms. The first-order chi connectivity index (χ1) is 10.4. The Labute approximate surface area is 155 Å². The van der Waals surface area contributed by atoms with E-state index in [0.29, 0.717) is 11.8 Å². The van der Waals surface area contributed by atoms with Crippen molar-refractivity contribution in [2.45, 2.75) is 39.5 Å². The van der Waals surface area contributed by atoms with E-state index in [-0.39, 0.29) is 30.6 Å². The fraction of sp³-hybridized carbons (Fsp3) is 0.316. The molecule has 0 aliphatic heterocycles. The summed E-state index contributed by atoms with van der Waals surface area (Å²) in [7, 11) is 0. The number of aromatic amines is 1. The smallest absolute Gasteiger partial charge is 0.124 e. The molecule has 3 rings (SSSR count). The third-order valence-corrected chi connectivity index (χ3v) is 4.38. The van der Waals surface area contributed by atoms with Crippen LogP contribution in [0.5, 0.6) is 0 Å². The normalized spacial score (nSPS) is 10.9. The molecule has 0 aliphatic rings. The Hall–Kier alpha value is -1.71. The van der Waals surface area contributed by atoms with Crippen molar-refractivity contribution in [3.8, 4) is 0 Å². The Morgan fingerprint density at radius 3 is 2.04 bits per heavy atom. The van der Waals surface area contributed by atoms with Gasteiger partial charge in [-0.1, -0.05) is 33.8 Å². The van der Waals surface area contributed by atoms with Crippen LogP contribution in [-0.2, 0) is 0 Å². The van der Waals surface area contributed by atoms with Crippen LogP contribution in [0, 0.1) is 5.41 Å². The maximum absolute atomic E-state index is 7.90. The van der Waals surface area contributed by atoms with Gasteiger partial charge in [0.1, 0.15) is 5.84 Å². The molecule has 0 saturated carbocycles. The highest BCUT2D eigenvalue weighted by Crippen LogP contribution is 2.32. The first-order valence-electron chi connectivity index (χ1n) is 7.82. The van der Waals surface area contributed by atoms with E-state index in [2.05, 4.69) is 56.9 Å². The van der Waals surface area contributed by atoms with Crippen molar-refractivity contribution in [3.05, 3.63) is 47.0 Å². The number of halogens is 2. The highest BCUT2D eigenvalue weighted by atomic mass is 35.5. The Bertz CT molecular complexity index is 879. The Kier molecular flexibility index (Phi) is 6.32. The fourth-order valence-corrected chi connectivity index (χ4v) is 2.94. The number of H-pyrrole nitrogens is 1. The van der Waals surface area contributed by atoms with Crippen LogP contribution >= 0.6 is 24.8 Å². The fourth-order valence-electron chi connectivity index (χ4n) is 2.94. The van der Waals surface area contributed by atoms with Crippen molar-refractivity contribution in [1.82, 2.24) is 4.98 Å². The van der Waals surface area contributed by atoms with Gasteiger partial charge < -0.3 is 10.7 Å². The lowest BCUT2D eigenvalue weighted by atomic mass is 9.95. The van der Waals surface area contributed by atoms with Crippen molar-refractivity contribution >= 4 is 52.5 Å². The molecule has 24 heavy (non-hydrogen) atoms. The van der Waals surface area contributed by atoms with E-state index in [1.165, 1.54) is 16.5 Å². The zero-order valence-corrected chi connectivity index (χ0v) is 16.1. The molecule has 2 aromatic carbocycles. The first-order valence-corrected chi connectivity index (χ1v) is 7.82. The van der Waals surface area contributed by atoms with Gasteiger partial charge in [0.25, 0.3) is 0 Å². The molecule has 1 aromatic heterocycles. The number of nitrogen functional groups attached to an aromatic ring is 1. The van der Waals surface area contributed by atoms with Gasteiger partial charge >= 0.3 is 0 Å². The molecule has 0 radical (unpaired) electrons. The van der Waals surface area contributed by atoms with Crippen LogP contribution in [0.15, 0.2) is 30.3 Å². The molecule has 1 heterocycles. The molecule has 0 atom stereocenters. The topological polar surface area (TPSA) is 65.7 Å². The number of amidine groups is 1. The third-order valence-electron chi connectivity index (χ3n) is 4.38. The van der Waals surface area contributed by atoms with Crippen LogP contribution in [0.4, 0.5) is 0 Å². The predicted molar refractivity (Wildman–Crippen MR) is 109 cm³/mol. The summed E-state index contributed by atoms with van der Waals surface area (Å²) in [5, 5.41) is 10.3. The number of fused-ring (bicyclic) bond motifs is 3. The number of nitrogens with one attached hydrogen (secondary N) is 2. The highest BCUT2D eigenvalue weighted by Gasteiger charge is 2.14. The quantitative estimate of drug-likeness (QED) is 0.404. The number of nitrogens with two attached hydrogens (primary N) is 1. The average molecular weight is 366 g/mol. The number of hydrogen-bond acceptors (Lipinski definition) is 1. The highest BCUT2D eigenvalue weighted by molar-refractivity contribution is 6.15. The standard InChI is InChI=1S/C19H23N3.2ClH/c1-10(2)12-5-6-17-14(7-12)15-8-13(11(3)4)9-16(19(20)21)18(15)22-17;;/h5-11,22H,1-4H3,(H3,20,21);2*1H. The summed E-state index contributed by atoms with van der Waals surface area (Å²) in [5.74, 6) is 1.01. The van der Waals surface area contributed by atoms with Crippen molar-refractivity contribution < 1.29 is 0 Å². The van der Waals surface area contributed by atoms with Gasteiger partial charge in [-0.25, -0.2) is 0 Å². The van der Waals surface area contributed by atoms with Crippen LogP contribution < -0.4 is 5.73 Å². The molecule has 0 aliphatic carbocycles. The number of hydrogen-bond donors (Lipinski definition) is 3. The first kappa shape index (κ1) is 20.3. The summed E-state index contributed by atoms with van der Waals surface area (Å²) in [5.41, 5.74) is 11.2. The Balaban J connectivity index is 0.00000144. The second kappa shape index (κ2) is 7.45. The van der Waals surface area contributed by atoms with Crippen LogP contribution in [0.25, 0.3) is 21.8 Å². The van der Waals surface area contributed by atoms with Crippen molar-refractivity contribution in [2.75, 3.05) is 0 Å². The molecule has 0 amide bonds. The van der Waals surface area contributed by atoms with Gasteiger partial charge in [-0.15, -0.1) is 24.8 Å². The minimum Gasteiger partial charge on any atom is -0.384 e. The molecule has 130 valence electrons. The van der Waals surface area contributed by atoms with Crippen LogP contribution in [0.2, 0.25) is 0 Å². The van der Waals surface area contributed by atoms with E-state index in [1.54, 1.807) is 0 Å². The SMILES string of the molecule is CC(C)c1ccc2[nH]c3c(C(=N)N)cc(C(C)C)cc3c2c1.Cl.Cl. The molecule has 3 nitrogen and oxygen atoms in total. The lowest BCUT2D eigenvalue weighted by molar-refractivity contribution is 0.867.